The van der Waals surface area contributed by atoms with Crippen molar-refractivity contribution in [1.29, 1.82) is 0 Å². The first kappa shape index (κ1) is 21.6. The number of nitrogens with zero attached hydrogens (tertiary/aromatic N) is 2. The number of thioether (sulfide) groups is 1. The molecule has 7 heteroatoms. The first-order valence-electron chi connectivity index (χ1n) is 10.2. The number of amides is 1. The van der Waals surface area contributed by atoms with E-state index in [0.717, 1.165) is 22.8 Å². The summed E-state index contributed by atoms with van der Waals surface area (Å²) < 4.78 is 12.9. The van der Waals surface area contributed by atoms with Gasteiger partial charge in [0.25, 0.3) is 0 Å². The quantitative estimate of drug-likeness (QED) is 0.623. The van der Waals surface area contributed by atoms with Crippen LogP contribution in [-0.2, 0) is 11.2 Å². The van der Waals surface area contributed by atoms with E-state index in [-0.39, 0.29) is 5.91 Å². The fraction of sp³-hybridized carbons (Fsp3) is 0.545. The summed E-state index contributed by atoms with van der Waals surface area (Å²) in [5, 5.41) is 3.98. The average Bonchev–Trinajstić information content (AvgIpc) is 3.34. The van der Waals surface area contributed by atoms with Crippen molar-refractivity contribution in [1.82, 2.24) is 14.9 Å². The zero-order valence-electron chi connectivity index (χ0n) is 17.8. The molecule has 3 rings (SSSR count). The number of ether oxygens (including phenoxy) is 2. The number of rotatable bonds is 9. The topological polar surface area (TPSA) is 65.4 Å². The number of methoxy groups -OCH3 is 2. The number of aryl methyl sites for hydroxylation is 1. The molecule has 1 fully saturated rings. The van der Waals surface area contributed by atoms with Gasteiger partial charge in [-0.05, 0) is 50.8 Å². The molecule has 0 radical (unpaired) electrons. The lowest BCUT2D eigenvalue weighted by Crippen LogP contribution is -2.27. The van der Waals surface area contributed by atoms with Gasteiger partial charge in [-0.1, -0.05) is 30.7 Å². The summed E-state index contributed by atoms with van der Waals surface area (Å²) in [7, 11) is 3.25. The number of nitrogens with one attached hydrogen (secondary N) is 1. The fourth-order valence-corrected chi connectivity index (χ4v) is 4.84. The molecule has 1 saturated carbocycles. The van der Waals surface area contributed by atoms with Gasteiger partial charge in [0.2, 0.25) is 5.91 Å². The lowest BCUT2D eigenvalue weighted by molar-refractivity contribution is -0.118. The van der Waals surface area contributed by atoms with Crippen molar-refractivity contribution in [3.8, 4) is 11.5 Å². The molecule has 0 spiro atoms. The fourth-order valence-electron chi connectivity index (χ4n) is 3.85. The van der Waals surface area contributed by atoms with Crippen molar-refractivity contribution in [2.24, 2.45) is 0 Å². The van der Waals surface area contributed by atoms with Gasteiger partial charge in [-0.3, -0.25) is 4.79 Å². The minimum atomic E-state index is 0.0340. The number of imidazole rings is 1. The molecule has 1 aliphatic carbocycles. The Kier molecular flexibility index (Phi) is 7.47. The van der Waals surface area contributed by atoms with E-state index in [4.69, 9.17) is 14.5 Å². The second-order valence-corrected chi connectivity index (χ2v) is 8.39. The third-order valence-electron chi connectivity index (χ3n) is 5.56. The molecular weight excluding hydrogens is 386 g/mol. The molecule has 1 N–H and O–H groups in total. The molecule has 1 amide bonds. The van der Waals surface area contributed by atoms with Crippen LogP contribution < -0.4 is 14.8 Å². The van der Waals surface area contributed by atoms with Crippen LogP contribution in [0.25, 0.3) is 0 Å². The van der Waals surface area contributed by atoms with Gasteiger partial charge >= 0.3 is 0 Å². The van der Waals surface area contributed by atoms with Crippen LogP contribution in [0.5, 0.6) is 11.5 Å². The Morgan fingerprint density at radius 3 is 2.62 bits per heavy atom. The van der Waals surface area contributed by atoms with Crippen molar-refractivity contribution >= 4 is 17.7 Å². The van der Waals surface area contributed by atoms with E-state index in [1.54, 1.807) is 14.2 Å². The van der Waals surface area contributed by atoms with Crippen LogP contribution in [0.3, 0.4) is 0 Å². The number of benzene rings is 1. The zero-order chi connectivity index (χ0) is 20.8. The van der Waals surface area contributed by atoms with Crippen LogP contribution in [0.2, 0.25) is 0 Å². The van der Waals surface area contributed by atoms with Gasteiger partial charge in [-0.2, -0.15) is 0 Å². The molecule has 0 unspecified atom stereocenters. The highest BCUT2D eigenvalue weighted by molar-refractivity contribution is 7.99. The third-order valence-corrected chi connectivity index (χ3v) is 6.51. The Hall–Kier alpha value is -2.15. The molecule has 158 valence electrons. The number of carbonyl (C=O) groups excluding carboxylic acids is 1. The van der Waals surface area contributed by atoms with Gasteiger partial charge in [0.05, 0.1) is 25.7 Å². The van der Waals surface area contributed by atoms with E-state index >= 15 is 0 Å². The summed E-state index contributed by atoms with van der Waals surface area (Å²) in [5.41, 5.74) is 3.39. The average molecular weight is 418 g/mol. The predicted molar refractivity (Wildman–Crippen MR) is 116 cm³/mol. The van der Waals surface area contributed by atoms with Crippen molar-refractivity contribution < 1.29 is 14.3 Å². The highest BCUT2D eigenvalue weighted by Crippen LogP contribution is 2.35. The predicted octanol–water partition coefficient (Wildman–Crippen LogP) is 4.08. The molecule has 1 aromatic heterocycles. The molecule has 29 heavy (non-hydrogen) atoms. The molecule has 0 atom stereocenters. The second kappa shape index (κ2) is 10.1. The maximum Gasteiger partial charge on any atom is 0.230 e. The second-order valence-electron chi connectivity index (χ2n) is 7.45. The van der Waals surface area contributed by atoms with Crippen LogP contribution in [-0.4, -0.2) is 42.0 Å². The lowest BCUT2D eigenvalue weighted by Gasteiger charge is -2.16. The molecule has 1 heterocycles. The van der Waals surface area contributed by atoms with Crippen molar-refractivity contribution in [3.63, 3.8) is 0 Å². The van der Waals surface area contributed by atoms with E-state index in [9.17, 15) is 4.79 Å². The summed E-state index contributed by atoms with van der Waals surface area (Å²) in [6, 6.07) is 6.36. The van der Waals surface area contributed by atoms with E-state index in [0.29, 0.717) is 29.8 Å². The van der Waals surface area contributed by atoms with Crippen LogP contribution in [0.15, 0.2) is 23.4 Å². The summed E-state index contributed by atoms with van der Waals surface area (Å²) >= 11 is 1.54. The maximum atomic E-state index is 12.3. The van der Waals surface area contributed by atoms with E-state index in [1.807, 2.05) is 25.1 Å². The smallest absolute Gasteiger partial charge is 0.230 e. The van der Waals surface area contributed by atoms with Gasteiger partial charge < -0.3 is 19.4 Å². The van der Waals surface area contributed by atoms with E-state index < -0.39 is 0 Å². The number of aromatic nitrogens is 2. The first-order chi connectivity index (χ1) is 14.0. The summed E-state index contributed by atoms with van der Waals surface area (Å²) in [6.07, 6.45) is 5.72. The molecule has 0 aliphatic heterocycles. The Bertz CT molecular complexity index is 844. The number of hydrogen-bond acceptors (Lipinski definition) is 5. The summed E-state index contributed by atoms with van der Waals surface area (Å²) in [5.74, 6) is 1.83. The Balaban J connectivity index is 1.50. The van der Waals surface area contributed by atoms with Crippen molar-refractivity contribution in [2.45, 2.75) is 57.1 Å². The zero-order valence-corrected chi connectivity index (χ0v) is 18.6. The minimum Gasteiger partial charge on any atom is -0.493 e. The maximum absolute atomic E-state index is 12.3. The van der Waals surface area contributed by atoms with Crippen LogP contribution in [0.1, 0.15) is 48.7 Å². The Morgan fingerprint density at radius 1 is 1.21 bits per heavy atom. The SMILES string of the molecule is COc1ccc(CCNC(=O)CSc2nc(C)c(C)n2C2CCCC2)cc1OC. The standard InChI is InChI=1S/C22H31N3O3S/c1-15-16(2)25(18-7-5-6-8-18)22(24-15)29-14-21(26)23-12-11-17-9-10-19(27-3)20(13-17)28-4/h9-10,13,18H,5-8,11-12,14H2,1-4H3,(H,23,26). The van der Waals surface area contributed by atoms with Crippen molar-refractivity contribution in [2.75, 3.05) is 26.5 Å². The van der Waals surface area contributed by atoms with Crippen LogP contribution >= 0.6 is 11.8 Å². The molecule has 0 bridgehead atoms. The van der Waals surface area contributed by atoms with Gasteiger partial charge in [0.15, 0.2) is 16.7 Å². The van der Waals surface area contributed by atoms with E-state index in [2.05, 4.69) is 16.8 Å². The van der Waals surface area contributed by atoms with Gasteiger partial charge in [-0.15, -0.1) is 0 Å². The lowest BCUT2D eigenvalue weighted by atomic mass is 10.1. The van der Waals surface area contributed by atoms with Gasteiger partial charge in [0, 0.05) is 18.3 Å². The molecule has 1 aromatic carbocycles. The first-order valence-corrected chi connectivity index (χ1v) is 11.2. The van der Waals surface area contributed by atoms with E-state index in [1.165, 1.54) is 43.1 Å². The summed E-state index contributed by atoms with van der Waals surface area (Å²) in [4.78, 5) is 17.1. The number of carbonyl (C=O) groups is 1. The van der Waals surface area contributed by atoms with Crippen molar-refractivity contribution in [3.05, 3.63) is 35.2 Å². The highest BCUT2D eigenvalue weighted by Gasteiger charge is 2.23. The molecular formula is C22H31N3O3S. The van der Waals surface area contributed by atoms with Gasteiger partial charge in [-0.25, -0.2) is 4.98 Å². The normalized spacial score (nSPS) is 14.2. The minimum absolute atomic E-state index is 0.0340. The molecule has 2 aromatic rings. The summed E-state index contributed by atoms with van der Waals surface area (Å²) in [6.45, 7) is 4.77. The monoisotopic (exact) mass is 417 g/mol. The molecule has 0 saturated heterocycles. The Labute approximate surface area is 177 Å². The molecule has 1 aliphatic rings. The molecule has 6 nitrogen and oxygen atoms in total. The highest BCUT2D eigenvalue weighted by atomic mass is 32.2. The third kappa shape index (κ3) is 5.26. The van der Waals surface area contributed by atoms with Crippen LogP contribution in [0, 0.1) is 13.8 Å². The van der Waals surface area contributed by atoms with Crippen LogP contribution in [0.4, 0.5) is 0 Å². The number of hydrogen-bond donors (Lipinski definition) is 1. The van der Waals surface area contributed by atoms with Gasteiger partial charge in [0.1, 0.15) is 0 Å². The largest absolute Gasteiger partial charge is 0.493 e. The Morgan fingerprint density at radius 2 is 1.93 bits per heavy atom.